The molecule has 39 heavy (non-hydrogen) atoms. The molecule has 8 aliphatic rings. The van der Waals surface area contributed by atoms with Crippen LogP contribution in [0.15, 0.2) is 0 Å². The Labute approximate surface area is 248 Å². The van der Waals surface area contributed by atoms with Crippen LogP contribution in [-0.2, 0) is 0 Å². The topological polar surface area (TPSA) is 0 Å². The van der Waals surface area contributed by atoms with Gasteiger partial charge in [-0.3, -0.25) is 0 Å². The first-order valence-electron chi connectivity index (χ1n) is 17.8. The molecule has 0 unspecified atom stereocenters. The largest absolute Gasteiger partial charge is 0.0599 e. The molecule has 0 saturated heterocycles. The van der Waals surface area contributed by atoms with Crippen LogP contribution in [0.2, 0.25) is 0 Å². The van der Waals surface area contributed by atoms with E-state index in [1.165, 1.54) is 109 Å². The van der Waals surface area contributed by atoms with Crippen LogP contribution in [-0.4, -0.2) is 0 Å². The van der Waals surface area contributed by atoms with E-state index >= 15 is 0 Å². The van der Waals surface area contributed by atoms with Gasteiger partial charge in [-0.25, -0.2) is 0 Å². The van der Waals surface area contributed by atoms with E-state index in [0.29, 0.717) is 21.7 Å². The van der Waals surface area contributed by atoms with E-state index in [1.54, 1.807) is 0 Å². The second kappa shape index (κ2) is 12.3. The molecule has 0 radical (unpaired) electrons. The summed E-state index contributed by atoms with van der Waals surface area (Å²) < 4.78 is 0. The lowest BCUT2D eigenvalue weighted by molar-refractivity contribution is -0.181. The first-order valence-corrected chi connectivity index (χ1v) is 17.8. The Morgan fingerprint density at radius 2 is 0.744 bits per heavy atom. The van der Waals surface area contributed by atoms with Gasteiger partial charge in [0.05, 0.1) is 0 Å². The summed E-state index contributed by atoms with van der Waals surface area (Å²) in [6.07, 6.45) is 25.5. The molecule has 0 aromatic rings. The predicted molar refractivity (Wildman–Crippen MR) is 175 cm³/mol. The van der Waals surface area contributed by atoms with Gasteiger partial charge in [0, 0.05) is 0 Å². The fourth-order valence-corrected chi connectivity index (χ4v) is 9.01. The van der Waals surface area contributed by atoms with Crippen molar-refractivity contribution in [2.45, 2.75) is 192 Å². The maximum atomic E-state index is 2.44. The van der Waals surface area contributed by atoms with Gasteiger partial charge in [-0.05, 0) is 140 Å². The van der Waals surface area contributed by atoms with Crippen molar-refractivity contribution in [3.8, 4) is 0 Å². The van der Waals surface area contributed by atoms with Crippen LogP contribution in [0.3, 0.4) is 0 Å². The molecule has 0 aliphatic heterocycles. The van der Waals surface area contributed by atoms with Gasteiger partial charge in [-0.1, -0.05) is 109 Å². The smallest absolute Gasteiger partial charge is 0.0241 e. The van der Waals surface area contributed by atoms with Crippen molar-refractivity contribution in [3.05, 3.63) is 0 Å². The second-order valence-corrected chi connectivity index (χ2v) is 19.7. The molecule has 0 heteroatoms. The Morgan fingerprint density at radius 1 is 0.385 bits per heavy atom. The average molecular weight is 543 g/mol. The van der Waals surface area contributed by atoms with Gasteiger partial charge in [-0.15, -0.1) is 0 Å². The Hall–Kier alpha value is 0. The summed E-state index contributed by atoms with van der Waals surface area (Å²) in [6, 6.07) is 0. The van der Waals surface area contributed by atoms with E-state index in [2.05, 4.69) is 83.1 Å². The standard InChI is InChI=1S/C12H22.C10H20.C9H16.C8H16/c1-11(2,3)12-7-4-10(5-8-12)6-9-12;1-10(2,3)9-7-5-4-6-8-9;1-8(2,3)9-4-7(5-9)6-9;1-8(2,3)7-5-4-6-7/h10H,4-9H2,1-3H3;9H,4-8H2,1-3H3;7H,4-6H2,1-3H3;7H,4-6H2,1-3H3. The molecule has 8 aliphatic carbocycles. The Balaban J connectivity index is 0.000000145. The summed E-state index contributed by atoms with van der Waals surface area (Å²) in [5.74, 6) is 4.28. The van der Waals surface area contributed by atoms with Gasteiger partial charge < -0.3 is 0 Å². The van der Waals surface area contributed by atoms with Crippen LogP contribution in [0.25, 0.3) is 0 Å². The van der Waals surface area contributed by atoms with Crippen molar-refractivity contribution in [1.29, 1.82) is 0 Å². The molecule has 0 aromatic heterocycles. The lowest BCUT2D eigenvalue weighted by Crippen LogP contribution is -2.58. The van der Waals surface area contributed by atoms with E-state index in [0.717, 1.165) is 34.5 Å². The van der Waals surface area contributed by atoms with Crippen LogP contribution < -0.4 is 0 Å². The normalized spacial score (nSPS) is 34.5. The summed E-state index contributed by atoms with van der Waals surface area (Å²) in [7, 11) is 0. The van der Waals surface area contributed by atoms with Crippen LogP contribution in [0.1, 0.15) is 192 Å². The highest BCUT2D eigenvalue weighted by Gasteiger charge is 2.61. The number of fused-ring (bicyclic) bond motifs is 3. The first kappa shape index (κ1) is 33.5. The van der Waals surface area contributed by atoms with E-state index in [-0.39, 0.29) is 0 Å². The third-order valence-electron chi connectivity index (χ3n) is 13.5. The van der Waals surface area contributed by atoms with Crippen LogP contribution in [0.5, 0.6) is 0 Å². The molecule has 0 amide bonds. The third kappa shape index (κ3) is 8.31. The summed E-state index contributed by atoms with van der Waals surface area (Å²) in [6.45, 7) is 28.7. The molecule has 230 valence electrons. The SMILES string of the molecule is CC(C)(C)C12CC(C1)C2.CC(C)(C)C12CCC(CC1)CC2.CC(C)(C)C1CCC1.CC(C)(C)C1CCCCC1. The predicted octanol–water partition coefficient (Wildman–Crippen LogP) is 13.3. The Kier molecular flexibility index (Phi) is 10.6. The molecule has 0 aromatic carbocycles. The molecule has 0 heterocycles. The Bertz CT molecular complexity index is 692. The highest BCUT2D eigenvalue weighted by Crippen LogP contribution is 2.71. The quantitative estimate of drug-likeness (QED) is 0.285. The summed E-state index contributed by atoms with van der Waals surface area (Å²) in [5.41, 5.74) is 3.85. The fourth-order valence-electron chi connectivity index (χ4n) is 9.01. The molecule has 8 fully saturated rings. The highest BCUT2D eigenvalue weighted by molar-refractivity contribution is 5.11. The highest BCUT2D eigenvalue weighted by atomic mass is 14.7. The van der Waals surface area contributed by atoms with Crippen molar-refractivity contribution < 1.29 is 0 Å². The molecule has 4 bridgehead atoms. The summed E-state index contributed by atoms with van der Waals surface area (Å²) in [4.78, 5) is 0. The fraction of sp³-hybridized carbons (Fsp3) is 1.00. The van der Waals surface area contributed by atoms with Gasteiger partial charge >= 0.3 is 0 Å². The molecule has 0 nitrogen and oxygen atoms in total. The minimum absolute atomic E-state index is 0.554. The monoisotopic (exact) mass is 543 g/mol. The van der Waals surface area contributed by atoms with Crippen molar-refractivity contribution in [2.75, 3.05) is 0 Å². The van der Waals surface area contributed by atoms with Crippen LogP contribution in [0.4, 0.5) is 0 Å². The zero-order chi connectivity index (χ0) is 29.3. The van der Waals surface area contributed by atoms with Gasteiger partial charge in [0.1, 0.15) is 0 Å². The lowest BCUT2D eigenvalue weighted by atomic mass is 9.37. The van der Waals surface area contributed by atoms with Gasteiger partial charge in [0.25, 0.3) is 0 Å². The minimum atomic E-state index is 0.554. The number of hydrogen-bond acceptors (Lipinski definition) is 0. The van der Waals surface area contributed by atoms with E-state index in [9.17, 15) is 0 Å². The van der Waals surface area contributed by atoms with Crippen molar-refractivity contribution in [3.63, 3.8) is 0 Å². The van der Waals surface area contributed by atoms with Gasteiger partial charge in [0.2, 0.25) is 0 Å². The minimum Gasteiger partial charge on any atom is -0.0599 e. The van der Waals surface area contributed by atoms with E-state index in [4.69, 9.17) is 0 Å². The van der Waals surface area contributed by atoms with Crippen LogP contribution in [0, 0.1) is 56.2 Å². The summed E-state index contributed by atoms with van der Waals surface area (Å²) in [5, 5.41) is 0. The lowest BCUT2D eigenvalue weighted by Gasteiger charge is -2.68. The maximum Gasteiger partial charge on any atom is -0.0241 e. The van der Waals surface area contributed by atoms with Crippen molar-refractivity contribution in [1.82, 2.24) is 0 Å². The molecule has 8 saturated carbocycles. The first-order chi connectivity index (χ1) is 17.8. The molecular weight excluding hydrogens is 468 g/mol. The molecule has 0 atom stereocenters. The zero-order valence-electron chi connectivity index (χ0n) is 29.3. The molecule has 0 N–H and O–H groups in total. The van der Waals surface area contributed by atoms with Crippen LogP contribution >= 0.6 is 0 Å². The number of rotatable bonds is 0. The second-order valence-electron chi connectivity index (χ2n) is 19.7. The summed E-state index contributed by atoms with van der Waals surface area (Å²) >= 11 is 0. The van der Waals surface area contributed by atoms with E-state index < -0.39 is 0 Å². The van der Waals surface area contributed by atoms with Crippen molar-refractivity contribution >= 4 is 0 Å². The van der Waals surface area contributed by atoms with Gasteiger partial charge in [-0.2, -0.15) is 0 Å². The molecule has 0 spiro atoms. The van der Waals surface area contributed by atoms with E-state index in [1.807, 2.05) is 0 Å². The third-order valence-corrected chi connectivity index (χ3v) is 13.5. The molecule has 8 rings (SSSR count). The van der Waals surface area contributed by atoms with Crippen molar-refractivity contribution in [2.24, 2.45) is 56.2 Å². The van der Waals surface area contributed by atoms with Gasteiger partial charge in [0.15, 0.2) is 0 Å². The number of hydrogen-bond donors (Lipinski definition) is 0. The molecular formula is C39H74. The zero-order valence-corrected chi connectivity index (χ0v) is 29.3. The Morgan fingerprint density at radius 3 is 0.897 bits per heavy atom. The average Bonchev–Trinajstić information content (AvgIpc) is 2.70. The maximum absolute atomic E-state index is 2.44.